The van der Waals surface area contributed by atoms with Gasteiger partial charge in [0.15, 0.2) is 0 Å². The summed E-state index contributed by atoms with van der Waals surface area (Å²) >= 11 is 0. The van der Waals surface area contributed by atoms with Gasteiger partial charge >= 0.3 is 12.1 Å². The SMILES string of the molecule is CC(NCc1ccc(C(F)(F)F)cc1)C(=O)O. The summed E-state index contributed by atoms with van der Waals surface area (Å²) in [6, 6.07) is 3.86. The Hall–Kier alpha value is -1.56. The van der Waals surface area contributed by atoms with Crippen molar-refractivity contribution in [1.82, 2.24) is 5.32 Å². The molecule has 0 saturated carbocycles. The lowest BCUT2D eigenvalue weighted by atomic mass is 10.1. The van der Waals surface area contributed by atoms with Gasteiger partial charge in [0.2, 0.25) is 0 Å². The molecule has 0 aliphatic carbocycles. The van der Waals surface area contributed by atoms with Crippen LogP contribution in [-0.2, 0) is 17.5 Å². The van der Waals surface area contributed by atoms with Crippen molar-refractivity contribution in [3.05, 3.63) is 35.4 Å². The highest BCUT2D eigenvalue weighted by Crippen LogP contribution is 2.28. The first kappa shape index (κ1) is 13.5. The zero-order chi connectivity index (χ0) is 13.1. The van der Waals surface area contributed by atoms with Crippen LogP contribution in [-0.4, -0.2) is 17.1 Å². The van der Waals surface area contributed by atoms with Crippen LogP contribution in [0.25, 0.3) is 0 Å². The predicted molar refractivity (Wildman–Crippen MR) is 55.4 cm³/mol. The van der Waals surface area contributed by atoms with Gasteiger partial charge in [0.05, 0.1) is 5.56 Å². The van der Waals surface area contributed by atoms with Gasteiger partial charge in [0.1, 0.15) is 6.04 Å². The Kier molecular flexibility index (Phi) is 4.11. The zero-order valence-corrected chi connectivity index (χ0v) is 9.08. The molecule has 1 rings (SSSR count). The largest absolute Gasteiger partial charge is 0.480 e. The van der Waals surface area contributed by atoms with Gasteiger partial charge in [-0.25, -0.2) is 0 Å². The fourth-order valence-corrected chi connectivity index (χ4v) is 1.17. The molecule has 0 fully saturated rings. The molecule has 0 saturated heterocycles. The number of nitrogens with one attached hydrogen (secondary N) is 1. The molecule has 1 aromatic rings. The van der Waals surface area contributed by atoms with Crippen molar-refractivity contribution in [2.24, 2.45) is 0 Å². The fraction of sp³-hybridized carbons (Fsp3) is 0.364. The van der Waals surface area contributed by atoms with Crippen LogP contribution in [0.15, 0.2) is 24.3 Å². The van der Waals surface area contributed by atoms with Gasteiger partial charge in [-0.15, -0.1) is 0 Å². The van der Waals surface area contributed by atoms with Gasteiger partial charge in [-0.05, 0) is 24.6 Å². The van der Waals surface area contributed by atoms with Gasteiger partial charge < -0.3 is 10.4 Å². The van der Waals surface area contributed by atoms with Crippen LogP contribution in [0.5, 0.6) is 0 Å². The molecule has 3 nitrogen and oxygen atoms in total. The summed E-state index contributed by atoms with van der Waals surface area (Å²) < 4.78 is 36.7. The van der Waals surface area contributed by atoms with E-state index in [0.717, 1.165) is 12.1 Å². The molecule has 0 heterocycles. The lowest BCUT2D eigenvalue weighted by molar-refractivity contribution is -0.139. The molecule has 2 N–H and O–H groups in total. The molecule has 1 aromatic carbocycles. The zero-order valence-electron chi connectivity index (χ0n) is 9.08. The van der Waals surface area contributed by atoms with Gasteiger partial charge in [-0.1, -0.05) is 12.1 Å². The van der Waals surface area contributed by atoms with E-state index in [1.54, 1.807) is 0 Å². The average Bonchev–Trinajstić information content (AvgIpc) is 2.25. The van der Waals surface area contributed by atoms with Crippen LogP contribution in [0.4, 0.5) is 13.2 Å². The second-order valence-corrected chi connectivity index (χ2v) is 3.64. The number of benzene rings is 1. The summed E-state index contributed by atoms with van der Waals surface area (Å²) in [5.41, 5.74) is -0.112. The number of carbonyl (C=O) groups is 1. The lowest BCUT2D eigenvalue weighted by Gasteiger charge is -2.10. The first-order chi connectivity index (χ1) is 7.80. The molecule has 0 spiro atoms. The third kappa shape index (κ3) is 4.07. The summed E-state index contributed by atoms with van der Waals surface area (Å²) in [4.78, 5) is 10.5. The van der Waals surface area contributed by atoms with Gasteiger partial charge in [0, 0.05) is 6.54 Å². The molecular weight excluding hydrogens is 235 g/mol. The number of carboxylic acids is 1. The number of hydrogen-bond donors (Lipinski definition) is 2. The summed E-state index contributed by atoms with van der Waals surface area (Å²) in [7, 11) is 0. The van der Waals surface area contributed by atoms with Gasteiger partial charge in [0.25, 0.3) is 0 Å². The summed E-state index contributed by atoms with van der Waals surface area (Å²) in [5.74, 6) is -1.00. The Bertz CT molecular complexity index is 387. The Morgan fingerprint density at radius 3 is 2.29 bits per heavy atom. The van der Waals surface area contributed by atoms with E-state index in [4.69, 9.17) is 5.11 Å². The summed E-state index contributed by atoms with van der Waals surface area (Å²) in [6.07, 6.45) is -4.35. The Balaban J connectivity index is 2.60. The third-order valence-electron chi connectivity index (χ3n) is 2.26. The highest BCUT2D eigenvalue weighted by molar-refractivity contribution is 5.72. The molecule has 0 aliphatic heterocycles. The van der Waals surface area contributed by atoms with Crippen molar-refractivity contribution in [3.8, 4) is 0 Å². The summed E-state index contributed by atoms with van der Waals surface area (Å²) in [6.45, 7) is 1.68. The fourth-order valence-electron chi connectivity index (χ4n) is 1.17. The monoisotopic (exact) mass is 247 g/mol. The standard InChI is InChI=1S/C11H12F3NO2/c1-7(10(16)17)15-6-8-2-4-9(5-3-8)11(12,13)14/h2-5,7,15H,6H2,1H3,(H,16,17). The minimum Gasteiger partial charge on any atom is -0.480 e. The third-order valence-corrected chi connectivity index (χ3v) is 2.26. The van der Waals surface area contributed by atoms with Crippen molar-refractivity contribution >= 4 is 5.97 Å². The van der Waals surface area contributed by atoms with Crippen LogP contribution < -0.4 is 5.32 Å². The van der Waals surface area contributed by atoms with Gasteiger partial charge in [-0.3, -0.25) is 4.79 Å². The van der Waals surface area contributed by atoms with E-state index in [1.807, 2.05) is 0 Å². The maximum absolute atomic E-state index is 12.2. The van der Waals surface area contributed by atoms with E-state index >= 15 is 0 Å². The predicted octanol–water partition coefficient (Wildman–Crippen LogP) is 2.27. The van der Waals surface area contributed by atoms with Crippen molar-refractivity contribution in [2.75, 3.05) is 0 Å². The van der Waals surface area contributed by atoms with Crippen molar-refractivity contribution in [2.45, 2.75) is 25.7 Å². The van der Waals surface area contributed by atoms with E-state index in [9.17, 15) is 18.0 Å². The topological polar surface area (TPSA) is 49.3 Å². The number of aliphatic carboxylic acids is 1. The number of alkyl halides is 3. The molecule has 1 atom stereocenters. The highest BCUT2D eigenvalue weighted by atomic mass is 19.4. The van der Waals surface area contributed by atoms with Crippen LogP contribution in [0.3, 0.4) is 0 Å². The molecule has 0 aromatic heterocycles. The molecule has 1 unspecified atom stereocenters. The lowest BCUT2D eigenvalue weighted by Crippen LogP contribution is -2.33. The number of carboxylic acid groups (broad SMARTS) is 1. The molecule has 94 valence electrons. The molecule has 6 heteroatoms. The first-order valence-electron chi connectivity index (χ1n) is 4.93. The highest BCUT2D eigenvalue weighted by Gasteiger charge is 2.29. The van der Waals surface area contributed by atoms with Crippen molar-refractivity contribution in [3.63, 3.8) is 0 Å². The molecule has 17 heavy (non-hydrogen) atoms. The average molecular weight is 247 g/mol. The quantitative estimate of drug-likeness (QED) is 0.858. The van der Waals surface area contributed by atoms with E-state index < -0.39 is 23.8 Å². The molecule has 0 amide bonds. The van der Waals surface area contributed by atoms with E-state index in [-0.39, 0.29) is 6.54 Å². The van der Waals surface area contributed by atoms with E-state index in [0.29, 0.717) is 5.56 Å². The molecule has 0 bridgehead atoms. The number of halogens is 3. The Morgan fingerprint density at radius 2 is 1.88 bits per heavy atom. The second kappa shape index (κ2) is 5.18. The van der Waals surface area contributed by atoms with E-state index in [2.05, 4.69) is 5.32 Å². The molecule has 0 aliphatic rings. The summed E-state index contributed by atoms with van der Waals surface area (Å²) in [5, 5.41) is 11.3. The van der Waals surface area contributed by atoms with Gasteiger partial charge in [-0.2, -0.15) is 13.2 Å². The second-order valence-electron chi connectivity index (χ2n) is 3.64. The van der Waals surface area contributed by atoms with Crippen molar-refractivity contribution < 1.29 is 23.1 Å². The number of rotatable bonds is 4. The minimum atomic E-state index is -4.35. The molecular formula is C11H12F3NO2. The van der Waals surface area contributed by atoms with Crippen LogP contribution in [0.2, 0.25) is 0 Å². The van der Waals surface area contributed by atoms with Crippen LogP contribution >= 0.6 is 0 Å². The maximum atomic E-state index is 12.2. The van der Waals surface area contributed by atoms with Crippen LogP contribution in [0.1, 0.15) is 18.1 Å². The smallest absolute Gasteiger partial charge is 0.416 e. The van der Waals surface area contributed by atoms with E-state index in [1.165, 1.54) is 19.1 Å². The Labute approximate surface area is 96.3 Å². The minimum absolute atomic E-state index is 0.214. The normalized spacial score (nSPS) is 13.4. The Morgan fingerprint density at radius 1 is 1.35 bits per heavy atom. The number of hydrogen-bond acceptors (Lipinski definition) is 2. The first-order valence-corrected chi connectivity index (χ1v) is 4.93. The molecule has 0 radical (unpaired) electrons. The van der Waals surface area contributed by atoms with Crippen LogP contribution in [0, 0.1) is 0 Å². The van der Waals surface area contributed by atoms with Crippen molar-refractivity contribution in [1.29, 1.82) is 0 Å². The maximum Gasteiger partial charge on any atom is 0.416 e.